The fraction of sp³-hybridized carbons (Fsp3) is 0.571. The average molecular weight is 284 g/mol. The lowest BCUT2D eigenvalue weighted by atomic mass is 10.1. The van der Waals surface area contributed by atoms with Gasteiger partial charge in [-0.15, -0.1) is 0 Å². The van der Waals surface area contributed by atoms with Crippen molar-refractivity contribution in [2.75, 3.05) is 0 Å². The maximum atomic E-state index is 3.64. The van der Waals surface area contributed by atoms with Gasteiger partial charge in [0, 0.05) is 16.6 Å². The van der Waals surface area contributed by atoms with Crippen LogP contribution in [-0.4, -0.2) is 6.04 Å². The number of unbranched alkanes of at least 4 members (excludes halogenated alkanes) is 1. The lowest BCUT2D eigenvalue weighted by Crippen LogP contribution is -2.28. The standard InChI is InChI=1S/C14H22BrN/c1-4-5-6-11(2)16-12(3)13-7-9-14(15)10-8-13/h7-12,16H,4-6H2,1-3H3. The van der Waals surface area contributed by atoms with Crippen LogP contribution in [0.5, 0.6) is 0 Å². The van der Waals surface area contributed by atoms with Crippen LogP contribution >= 0.6 is 15.9 Å². The predicted octanol–water partition coefficient (Wildman–Crippen LogP) is 4.68. The van der Waals surface area contributed by atoms with Crippen LogP contribution in [0.4, 0.5) is 0 Å². The van der Waals surface area contributed by atoms with Gasteiger partial charge in [-0.3, -0.25) is 0 Å². The molecule has 90 valence electrons. The highest BCUT2D eigenvalue weighted by molar-refractivity contribution is 9.10. The summed E-state index contributed by atoms with van der Waals surface area (Å²) in [6.45, 7) is 6.74. The largest absolute Gasteiger partial charge is 0.308 e. The molecular formula is C14H22BrN. The van der Waals surface area contributed by atoms with Crippen molar-refractivity contribution in [1.29, 1.82) is 0 Å². The van der Waals surface area contributed by atoms with E-state index in [2.05, 4.69) is 66.3 Å². The van der Waals surface area contributed by atoms with Crippen LogP contribution in [0, 0.1) is 0 Å². The summed E-state index contributed by atoms with van der Waals surface area (Å²) in [5, 5.41) is 3.64. The van der Waals surface area contributed by atoms with Crippen LogP contribution in [0.25, 0.3) is 0 Å². The molecule has 2 unspecified atom stereocenters. The van der Waals surface area contributed by atoms with Gasteiger partial charge in [-0.1, -0.05) is 47.8 Å². The zero-order valence-electron chi connectivity index (χ0n) is 10.5. The Balaban J connectivity index is 2.45. The van der Waals surface area contributed by atoms with Crippen molar-refractivity contribution >= 4 is 15.9 Å². The molecule has 1 rings (SSSR count). The Morgan fingerprint density at radius 3 is 2.38 bits per heavy atom. The average Bonchev–Trinajstić information content (AvgIpc) is 2.27. The van der Waals surface area contributed by atoms with Crippen LogP contribution in [0.15, 0.2) is 28.7 Å². The Hall–Kier alpha value is -0.340. The topological polar surface area (TPSA) is 12.0 Å². The smallest absolute Gasteiger partial charge is 0.0294 e. The second-order valence-electron chi connectivity index (χ2n) is 4.48. The van der Waals surface area contributed by atoms with Gasteiger partial charge in [-0.25, -0.2) is 0 Å². The summed E-state index contributed by atoms with van der Waals surface area (Å²) in [5.41, 5.74) is 1.35. The van der Waals surface area contributed by atoms with Crippen molar-refractivity contribution in [2.24, 2.45) is 0 Å². The SMILES string of the molecule is CCCCC(C)NC(C)c1ccc(Br)cc1. The molecule has 2 heteroatoms. The van der Waals surface area contributed by atoms with Gasteiger partial charge in [-0.2, -0.15) is 0 Å². The van der Waals surface area contributed by atoms with Crippen molar-refractivity contribution in [3.63, 3.8) is 0 Å². The molecule has 0 saturated carbocycles. The van der Waals surface area contributed by atoms with Crippen LogP contribution in [0.2, 0.25) is 0 Å². The zero-order valence-corrected chi connectivity index (χ0v) is 12.0. The lowest BCUT2D eigenvalue weighted by molar-refractivity contribution is 0.444. The Labute approximate surface area is 108 Å². The summed E-state index contributed by atoms with van der Waals surface area (Å²) in [7, 11) is 0. The van der Waals surface area contributed by atoms with Crippen LogP contribution < -0.4 is 5.32 Å². The summed E-state index contributed by atoms with van der Waals surface area (Å²) in [6, 6.07) is 9.58. The van der Waals surface area contributed by atoms with E-state index in [1.165, 1.54) is 24.8 Å². The summed E-state index contributed by atoms with van der Waals surface area (Å²) < 4.78 is 1.14. The summed E-state index contributed by atoms with van der Waals surface area (Å²) in [5.74, 6) is 0. The molecule has 0 spiro atoms. The van der Waals surface area contributed by atoms with Crippen molar-refractivity contribution in [1.82, 2.24) is 5.32 Å². The fourth-order valence-electron chi connectivity index (χ4n) is 1.87. The van der Waals surface area contributed by atoms with Crippen molar-refractivity contribution in [2.45, 2.75) is 52.1 Å². The molecule has 0 fully saturated rings. The molecule has 0 bridgehead atoms. The molecule has 1 aromatic rings. The Bertz CT molecular complexity index is 294. The van der Waals surface area contributed by atoms with E-state index in [1.54, 1.807) is 0 Å². The molecule has 0 heterocycles. The first-order valence-corrected chi connectivity index (χ1v) is 6.94. The first-order valence-electron chi connectivity index (χ1n) is 6.15. The first-order chi connectivity index (χ1) is 7.63. The number of hydrogen-bond acceptors (Lipinski definition) is 1. The maximum absolute atomic E-state index is 3.64. The van der Waals surface area contributed by atoms with E-state index in [-0.39, 0.29) is 0 Å². The monoisotopic (exact) mass is 283 g/mol. The van der Waals surface area contributed by atoms with Gasteiger partial charge in [-0.05, 0) is 38.0 Å². The molecule has 16 heavy (non-hydrogen) atoms. The molecule has 0 amide bonds. The van der Waals surface area contributed by atoms with Crippen LogP contribution in [-0.2, 0) is 0 Å². The first kappa shape index (κ1) is 13.7. The molecule has 0 radical (unpaired) electrons. The van der Waals surface area contributed by atoms with Gasteiger partial charge < -0.3 is 5.32 Å². The minimum absolute atomic E-state index is 0.431. The Kier molecular flexibility index (Phi) is 6.07. The van der Waals surface area contributed by atoms with Gasteiger partial charge in [0.1, 0.15) is 0 Å². The predicted molar refractivity (Wildman–Crippen MR) is 74.7 cm³/mol. The minimum atomic E-state index is 0.431. The summed E-state index contributed by atoms with van der Waals surface area (Å²) in [4.78, 5) is 0. The zero-order chi connectivity index (χ0) is 12.0. The van der Waals surface area contributed by atoms with Gasteiger partial charge >= 0.3 is 0 Å². The van der Waals surface area contributed by atoms with E-state index in [4.69, 9.17) is 0 Å². The number of halogens is 1. The molecule has 1 nitrogen and oxygen atoms in total. The fourth-order valence-corrected chi connectivity index (χ4v) is 2.13. The number of benzene rings is 1. The highest BCUT2D eigenvalue weighted by atomic mass is 79.9. The Morgan fingerprint density at radius 2 is 1.81 bits per heavy atom. The van der Waals surface area contributed by atoms with Crippen LogP contribution in [0.3, 0.4) is 0 Å². The Morgan fingerprint density at radius 1 is 1.19 bits per heavy atom. The maximum Gasteiger partial charge on any atom is 0.0294 e. The third-order valence-corrected chi connectivity index (χ3v) is 3.42. The molecule has 1 aromatic carbocycles. The number of rotatable bonds is 6. The highest BCUT2D eigenvalue weighted by Crippen LogP contribution is 2.17. The summed E-state index contributed by atoms with van der Waals surface area (Å²) in [6.07, 6.45) is 3.84. The summed E-state index contributed by atoms with van der Waals surface area (Å²) >= 11 is 3.46. The third-order valence-electron chi connectivity index (χ3n) is 2.90. The van der Waals surface area contributed by atoms with E-state index < -0.39 is 0 Å². The number of nitrogens with one attached hydrogen (secondary N) is 1. The van der Waals surface area contributed by atoms with Crippen molar-refractivity contribution in [3.8, 4) is 0 Å². The van der Waals surface area contributed by atoms with Gasteiger partial charge in [0.25, 0.3) is 0 Å². The lowest BCUT2D eigenvalue weighted by Gasteiger charge is -2.20. The van der Waals surface area contributed by atoms with E-state index >= 15 is 0 Å². The third kappa shape index (κ3) is 4.67. The quantitative estimate of drug-likeness (QED) is 0.800. The highest BCUT2D eigenvalue weighted by Gasteiger charge is 2.08. The van der Waals surface area contributed by atoms with Gasteiger partial charge in [0.15, 0.2) is 0 Å². The minimum Gasteiger partial charge on any atom is -0.308 e. The second-order valence-corrected chi connectivity index (χ2v) is 5.40. The molecule has 0 aliphatic heterocycles. The van der Waals surface area contributed by atoms with E-state index in [1.807, 2.05) is 0 Å². The van der Waals surface area contributed by atoms with Gasteiger partial charge in [0.2, 0.25) is 0 Å². The molecule has 0 aliphatic carbocycles. The normalized spacial score (nSPS) is 14.8. The van der Waals surface area contributed by atoms with Crippen molar-refractivity contribution < 1.29 is 0 Å². The van der Waals surface area contributed by atoms with E-state index in [0.29, 0.717) is 12.1 Å². The molecule has 1 N–H and O–H groups in total. The van der Waals surface area contributed by atoms with E-state index in [0.717, 1.165) is 4.47 Å². The molecule has 0 saturated heterocycles. The molecule has 0 aromatic heterocycles. The van der Waals surface area contributed by atoms with E-state index in [9.17, 15) is 0 Å². The number of hydrogen-bond donors (Lipinski definition) is 1. The second kappa shape index (κ2) is 7.08. The van der Waals surface area contributed by atoms with Gasteiger partial charge in [0.05, 0.1) is 0 Å². The van der Waals surface area contributed by atoms with Crippen LogP contribution in [0.1, 0.15) is 51.6 Å². The molecular weight excluding hydrogens is 262 g/mol. The van der Waals surface area contributed by atoms with Crippen molar-refractivity contribution in [3.05, 3.63) is 34.3 Å². The molecule has 2 atom stereocenters. The molecule has 0 aliphatic rings.